The third kappa shape index (κ3) is 3.83. The maximum Gasteiger partial charge on any atom is 0.226 e. The summed E-state index contributed by atoms with van der Waals surface area (Å²) >= 11 is 1.48. The SMILES string of the molecule is COc1cc(CCC(=O)Nc2nc3ccccc3s2)cc(OC)c1. The van der Waals surface area contributed by atoms with Crippen molar-refractivity contribution in [3.8, 4) is 11.5 Å². The van der Waals surface area contributed by atoms with Crippen LogP contribution in [0.4, 0.5) is 5.13 Å². The predicted octanol–water partition coefficient (Wildman–Crippen LogP) is 3.88. The molecule has 1 amide bonds. The molecule has 1 heterocycles. The number of carbonyl (C=O) groups excluding carboxylic acids is 1. The molecule has 0 aliphatic heterocycles. The highest BCUT2D eigenvalue weighted by Crippen LogP contribution is 2.26. The minimum Gasteiger partial charge on any atom is -0.497 e. The second kappa shape index (κ2) is 7.31. The van der Waals surface area contributed by atoms with E-state index in [4.69, 9.17) is 9.47 Å². The molecule has 124 valence electrons. The zero-order valence-corrected chi connectivity index (χ0v) is 14.4. The van der Waals surface area contributed by atoms with Crippen molar-refractivity contribution in [2.24, 2.45) is 0 Å². The van der Waals surface area contributed by atoms with Crippen molar-refractivity contribution < 1.29 is 14.3 Å². The van der Waals surface area contributed by atoms with Gasteiger partial charge in [0, 0.05) is 12.5 Å². The fourth-order valence-electron chi connectivity index (χ4n) is 2.38. The number of anilines is 1. The Kier molecular flexibility index (Phi) is 4.96. The third-order valence-electron chi connectivity index (χ3n) is 3.59. The number of hydrogen-bond acceptors (Lipinski definition) is 5. The number of aromatic nitrogens is 1. The summed E-state index contributed by atoms with van der Waals surface area (Å²) in [7, 11) is 3.22. The van der Waals surface area contributed by atoms with E-state index in [-0.39, 0.29) is 5.91 Å². The van der Waals surface area contributed by atoms with Gasteiger partial charge >= 0.3 is 0 Å². The maximum absolute atomic E-state index is 12.2. The van der Waals surface area contributed by atoms with Gasteiger partial charge in [-0.05, 0) is 36.2 Å². The lowest BCUT2D eigenvalue weighted by Gasteiger charge is -2.08. The third-order valence-corrected chi connectivity index (χ3v) is 4.54. The first kappa shape index (κ1) is 16.3. The van der Waals surface area contributed by atoms with Crippen LogP contribution in [0, 0.1) is 0 Å². The second-order valence-electron chi connectivity index (χ2n) is 5.26. The molecule has 24 heavy (non-hydrogen) atoms. The van der Waals surface area contributed by atoms with Gasteiger partial charge in [-0.25, -0.2) is 4.98 Å². The van der Waals surface area contributed by atoms with Gasteiger partial charge in [0.15, 0.2) is 5.13 Å². The number of rotatable bonds is 6. The summed E-state index contributed by atoms with van der Waals surface area (Å²) < 4.78 is 11.5. The van der Waals surface area contributed by atoms with E-state index in [1.165, 1.54) is 11.3 Å². The first-order valence-electron chi connectivity index (χ1n) is 7.55. The van der Waals surface area contributed by atoms with E-state index in [0.29, 0.717) is 18.0 Å². The molecule has 0 fully saturated rings. The molecule has 1 N–H and O–H groups in total. The Labute approximate surface area is 144 Å². The minimum atomic E-state index is -0.0594. The van der Waals surface area contributed by atoms with E-state index >= 15 is 0 Å². The van der Waals surface area contributed by atoms with Crippen LogP contribution in [0.15, 0.2) is 42.5 Å². The second-order valence-corrected chi connectivity index (χ2v) is 6.29. The van der Waals surface area contributed by atoms with E-state index in [9.17, 15) is 4.79 Å². The van der Waals surface area contributed by atoms with E-state index < -0.39 is 0 Å². The number of amides is 1. The van der Waals surface area contributed by atoms with Crippen molar-refractivity contribution in [2.75, 3.05) is 19.5 Å². The maximum atomic E-state index is 12.2. The summed E-state index contributed by atoms with van der Waals surface area (Å²) in [5, 5.41) is 3.49. The number of nitrogens with one attached hydrogen (secondary N) is 1. The molecule has 0 radical (unpaired) electrons. The van der Waals surface area contributed by atoms with Crippen LogP contribution >= 0.6 is 11.3 Å². The summed E-state index contributed by atoms with van der Waals surface area (Å²) in [4.78, 5) is 16.6. The standard InChI is InChI=1S/C18H18N2O3S/c1-22-13-9-12(10-14(11-13)23-2)7-8-17(21)20-18-19-15-5-3-4-6-16(15)24-18/h3-6,9-11H,7-8H2,1-2H3,(H,19,20,21). The monoisotopic (exact) mass is 342 g/mol. The number of carbonyl (C=O) groups is 1. The van der Waals surface area contributed by atoms with E-state index in [0.717, 1.165) is 27.3 Å². The number of thiazole rings is 1. The number of benzene rings is 2. The predicted molar refractivity (Wildman–Crippen MR) is 96.1 cm³/mol. The van der Waals surface area contributed by atoms with Gasteiger partial charge in [0.2, 0.25) is 5.91 Å². The van der Waals surface area contributed by atoms with Gasteiger partial charge in [-0.15, -0.1) is 0 Å². The molecule has 0 aliphatic carbocycles. The molecule has 1 aromatic heterocycles. The summed E-state index contributed by atoms with van der Waals surface area (Å²) in [6.07, 6.45) is 0.969. The Morgan fingerprint density at radius 1 is 1.12 bits per heavy atom. The molecule has 2 aromatic carbocycles. The molecule has 6 heteroatoms. The van der Waals surface area contributed by atoms with Gasteiger partial charge < -0.3 is 14.8 Å². The fraction of sp³-hybridized carbons (Fsp3) is 0.222. The first-order chi connectivity index (χ1) is 11.7. The van der Waals surface area contributed by atoms with Crippen molar-refractivity contribution in [3.05, 3.63) is 48.0 Å². The number of ether oxygens (including phenoxy) is 2. The molecule has 0 unspecified atom stereocenters. The summed E-state index contributed by atoms with van der Waals surface area (Å²) in [6, 6.07) is 13.5. The highest BCUT2D eigenvalue weighted by Gasteiger charge is 2.09. The van der Waals surface area contributed by atoms with Crippen LogP contribution in [0.25, 0.3) is 10.2 Å². The van der Waals surface area contributed by atoms with Crippen LogP contribution in [0.2, 0.25) is 0 Å². The zero-order chi connectivity index (χ0) is 16.9. The Bertz CT molecular complexity index is 805. The molecule has 3 aromatic rings. The van der Waals surface area contributed by atoms with Gasteiger partial charge in [-0.3, -0.25) is 4.79 Å². The zero-order valence-electron chi connectivity index (χ0n) is 13.5. The van der Waals surface area contributed by atoms with Gasteiger partial charge in [-0.1, -0.05) is 23.5 Å². The number of hydrogen-bond donors (Lipinski definition) is 1. The number of aryl methyl sites for hydroxylation is 1. The van der Waals surface area contributed by atoms with Crippen molar-refractivity contribution in [3.63, 3.8) is 0 Å². The van der Waals surface area contributed by atoms with Crippen LogP contribution in [0.3, 0.4) is 0 Å². The van der Waals surface area contributed by atoms with Crippen LogP contribution in [0.5, 0.6) is 11.5 Å². The molecule has 0 spiro atoms. The van der Waals surface area contributed by atoms with Crippen molar-refractivity contribution in [1.82, 2.24) is 4.98 Å². The molecular weight excluding hydrogens is 324 g/mol. The molecular formula is C18H18N2O3S. The van der Waals surface area contributed by atoms with Crippen molar-refractivity contribution in [2.45, 2.75) is 12.8 Å². The van der Waals surface area contributed by atoms with Crippen LogP contribution in [-0.4, -0.2) is 25.1 Å². The topological polar surface area (TPSA) is 60.5 Å². The number of methoxy groups -OCH3 is 2. The fourth-order valence-corrected chi connectivity index (χ4v) is 3.26. The Morgan fingerprint density at radius 2 is 1.83 bits per heavy atom. The largest absolute Gasteiger partial charge is 0.497 e. The Balaban J connectivity index is 1.63. The average molecular weight is 342 g/mol. The summed E-state index contributed by atoms with van der Waals surface area (Å²) in [5.41, 5.74) is 1.89. The van der Waals surface area contributed by atoms with Crippen molar-refractivity contribution in [1.29, 1.82) is 0 Å². The van der Waals surface area contributed by atoms with Gasteiger partial charge in [0.25, 0.3) is 0 Å². The number of fused-ring (bicyclic) bond motifs is 1. The lowest BCUT2D eigenvalue weighted by atomic mass is 10.1. The molecule has 0 aliphatic rings. The Hall–Kier alpha value is -2.60. The summed E-state index contributed by atoms with van der Waals surface area (Å²) in [6.45, 7) is 0. The molecule has 5 nitrogen and oxygen atoms in total. The minimum absolute atomic E-state index is 0.0594. The Morgan fingerprint density at radius 3 is 2.50 bits per heavy atom. The highest BCUT2D eigenvalue weighted by molar-refractivity contribution is 7.22. The lowest BCUT2D eigenvalue weighted by Crippen LogP contribution is -2.12. The first-order valence-corrected chi connectivity index (χ1v) is 8.37. The average Bonchev–Trinajstić information content (AvgIpc) is 3.01. The summed E-state index contributed by atoms with van der Waals surface area (Å²) in [5.74, 6) is 1.38. The lowest BCUT2D eigenvalue weighted by molar-refractivity contribution is -0.116. The molecule has 0 saturated heterocycles. The molecule has 0 bridgehead atoms. The molecule has 0 saturated carbocycles. The van der Waals surface area contributed by atoms with Crippen molar-refractivity contribution >= 4 is 32.6 Å². The van der Waals surface area contributed by atoms with E-state index in [1.807, 2.05) is 42.5 Å². The molecule has 0 atom stereocenters. The highest BCUT2D eigenvalue weighted by atomic mass is 32.1. The number of para-hydroxylation sites is 1. The quantitative estimate of drug-likeness (QED) is 0.738. The van der Waals surface area contributed by atoms with Crippen LogP contribution < -0.4 is 14.8 Å². The number of nitrogens with zero attached hydrogens (tertiary/aromatic N) is 1. The van der Waals surface area contributed by atoms with E-state index in [1.54, 1.807) is 14.2 Å². The normalized spacial score (nSPS) is 10.6. The molecule has 3 rings (SSSR count). The smallest absolute Gasteiger partial charge is 0.226 e. The van der Waals surface area contributed by atoms with Gasteiger partial charge in [0.1, 0.15) is 11.5 Å². The van der Waals surface area contributed by atoms with Crippen LogP contribution in [0.1, 0.15) is 12.0 Å². The van der Waals surface area contributed by atoms with Gasteiger partial charge in [0.05, 0.1) is 24.4 Å². The van der Waals surface area contributed by atoms with Gasteiger partial charge in [-0.2, -0.15) is 0 Å². The van der Waals surface area contributed by atoms with Crippen LogP contribution in [-0.2, 0) is 11.2 Å². The van der Waals surface area contributed by atoms with E-state index in [2.05, 4.69) is 10.3 Å².